The number of carbonyl (C=O) groups is 1. The number of nitrogens with one attached hydrogen (secondary N) is 1. The van der Waals surface area contributed by atoms with E-state index in [0.29, 0.717) is 10.8 Å². The molecule has 4 nitrogen and oxygen atoms in total. The van der Waals surface area contributed by atoms with Gasteiger partial charge in [0.05, 0.1) is 6.61 Å². The molecule has 0 aliphatic heterocycles. The van der Waals surface area contributed by atoms with Gasteiger partial charge in [0, 0.05) is 21.4 Å². The van der Waals surface area contributed by atoms with Crippen molar-refractivity contribution in [2.75, 3.05) is 13.2 Å². The maximum absolute atomic E-state index is 12.0. The average molecular weight is 366 g/mol. The number of ether oxygens (including phenoxy) is 1. The molecule has 0 aromatic heterocycles. The second kappa shape index (κ2) is 8.42. The Balaban J connectivity index is 1.98. The minimum absolute atomic E-state index is 0.0988. The van der Waals surface area contributed by atoms with Gasteiger partial charge in [0.15, 0.2) is 5.60 Å². The van der Waals surface area contributed by atoms with Crippen LogP contribution in [0.5, 0.6) is 5.75 Å². The van der Waals surface area contributed by atoms with E-state index in [9.17, 15) is 4.79 Å². The lowest BCUT2D eigenvalue weighted by Crippen LogP contribution is -2.47. The van der Waals surface area contributed by atoms with Crippen molar-refractivity contribution in [3.05, 3.63) is 53.6 Å². The van der Waals surface area contributed by atoms with Crippen LogP contribution >= 0.6 is 23.4 Å². The molecule has 0 saturated heterocycles. The summed E-state index contributed by atoms with van der Waals surface area (Å²) in [6.45, 7) is 3.49. The van der Waals surface area contributed by atoms with Gasteiger partial charge in [-0.2, -0.15) is 0 Å². The van der Waals surface area contributed by atoms with Gasteiger partial charge in [0.2, 0.25) is 0 Å². The van der Waals surface area contributed by atoms with Crippen LogP contribution in [0.3, 0.4) is 0 Å². The van der Waals surface area contributed by atoms with Crippen molar-refractivity contribution < 1.29 is 14.6 Å². The molecule has 2 aromatic carbocycles. The van der Waals surface area contributed by atoms with Crippen LogP contribution < -0.4 is 10.1 Å². The van der Waals surface area contributed by atoms with Crippen molar-refractivity contribution in [1.82, 2.24) is 5.32 Å². The summed E-state index contributed by atoms with van der Waals surface area (Å²) < 4.78 is 5.76. The summed E-state index contributed by atoms with van der Waals surface area (Å²) in [5.41, 5.74) is -1.01. The SMILES string of the molecule is CC(C)(Oc1ccc(Sc2ccc(Cl)cc2)cc1)C(=O)NCCO. The largest absolute Gasteiger partial charge is 0.478 e. The molecule has 0 unspecified atom stereocenters. The number of amides is 1. The summed E-state index contributed by atoms with van der Waals surface area (Å²) in [5, 5.41) is 12.1. The third kappa shape index (κ3) is 5.44. The lowest BCUT2D eigenvalue weighted by Gasteiger charge is -2.25. The van der Waals surface area contributed by atoms with E-state index in [1.165, 1.54) is 0 Å². The standard InChI is InChI=1S/C18H20ClNO3S/c1-18(2,17(22)20-11-12-21)23-14-5-9-16(10-6-14)24-15-7-3-13(19)4-8-15/h3-10,21H,11-12H2,1-2H3,(H,20,22). The Morgan fingerprint density at radius 3 is 2.21 bits per heavy atom. The van der Waals surface area contributed by atoms with Gasteiger partial charge in [-0.1, -0.05) is 23.4 Å². The Morgan fingerprint density at radius 1 is 1.12 bits per heavy atom. The second-order valence-electron chi connectivity index (χ2n) is 5.62. The molecule has 128 valence electrons. The Morgan fingerprint density at radius 2 is 1.67 bits per heavy atom. The van der Waals surface area contributed by atoms with Gasteiger partial charge < -0.3 is 15.2 Å². The highest BCUT2D eigenvalue weighted by atomic mass is 35.5. The highest BCUT2D eigenvalue weighted by Gasteiger charge is 2.29. The van der Waals surface area contributed by atoms with Crippen LogP contribution in [-0.2, 0) is 4.79 Å². The topological polar surface area (TPSA) is 58.6 Å². The van der Waals surface area contributed by atoms with Crippen LogP contribution in [0.4, 0.5) is 0 Å². The Labute approximate surface area is 151 Å². The summed E-state index contributed by atoms with van der Waals surface area (Å²) >= 11 is 7.50. The number of hydrogen-bond donors (Lipinski definition) is 2. The Bertz CT molecular complexity index is 672. The first-order valence-corrected chi connectivity index (χ1v) is 8.72. The zero-order valence-electron chi connectivity index (χ0n) is 13.6. The third-order valence-electron chi connectivity index (χ3n) is 3.19. The normalized spacial score (nSPS) is 11.2. The van der Waals surface area contributed by atoms with E-state index in [-0.39, 0.29) is 19.1 Å². The number of halogens is 1. The third-order valence-corrected chi connectivity index (χ3v) is 4.46. The van der Waals surface area contributed by atoms with Crippen molar-refractivity contribution in [3.63, 3.8) is 0 Å². The van der Waals surface area contributed by atoms with E-state index in [1.807, 2.05) is 48.5 Å². The number of rotatable bonds is 7. The van der Waals surface area contributed by atoms with Crippen molar-refractivity contribution >= 4 is 29.3 Å². The van der Waals surface area contributed by atoms with Crippen LogP contribution in [0.25, 0.3) is 0 Å². The molecule has 0 aliphatic carbocycles. The molecule has 2 rings (SSSR count). The number of carbonyl (C=O) groups excluding carboxylic acids is 1. The number of hydrogen-bond acceptors (Lipinski definition) is 4. The zero-order valence-corrected chi connectivity index (χ0v) is 15.2. The first kappa shape index (κ1) is 18.6. The van der Waals surface area contributed by atoms with E-state index < -0.39 is 5.60 Å². The van der Waals surface area contributed by atoms with Gasteiger partial charge in [-0.05, 0) is 62.4 Å². The van der Waals surface area contributed by atoms with Crippen LogP contribution in [-0.4, -0.2) is 29.8 Å². The van der Waals surface area contributed by atoms with E-state index in [4.69, 9.17) is 21.4 Å². The second-order valence-corrected chi connectivity index (χ2v) is 7.20. The molecule has 0 bridgehead atoms. The molecule has 0 heterocycles. The minimum atomic E-state index is -1.01. The molecular formula is C18H20ClNO3S. The fourth-order valence-corrected chi connectivity index (χ4v) is 2.88. The van der Waals surface area contributed by atoms with Crippen molar-refractivity contribution in [3.8, 4) is 5.75 Å². The van der Waals surface area contributed by atoms with Crippen molar-refractivity contribution in [1.29, 1.82) is 0 Å². The number of aliphatic hydroxyl groups excluding tert-OH is 1. The van der Waals surface area contributed by atoms with Crippen molar-refractivity contribution in [2.24, 2.45) is 0 Å². The van der Waals surface area contributed by atoms with E-state index in [0.717, 1.165) is 9.79 Å². The van der Waals surface area contributed by atoms with Crippen LogP contribution in [0.2, 0.25) is 5.02 Å². The molecular weight excluding hydrogens is 346 g/mol. The highest BCUT2D eigenvalue weighted by molar-refractivity contribution is 7.99. The predicted molar refractivity (Wildman–Crippen MR) is 96.8 cm³/mol. The van der Waals surface area contributed by atoms with Crippen LogP contribution in [0, 0.1) is 0 Å². The average Bonchev–Trinajstić information content (AvgIpc) is 2.56. The van der Waals surface area contributed by atoms with E-state index in [2.05, 4.69) is 5.32 Å². The fourth-order valence-electron chi connectivity index (χ4n) is 1.94. The molecule has 24 heavy (non-hydrogen) atoms. The van der Waals surface area contributed by atoms with Gasteiger partial charge in [-0.25, -0.2) is 0 Å². The highest BCUT2D eigenvalue weighted by Crippen LogP contribution is 2.30. The summed E-state index contributed by atoms with van der Waals surface area (Å²) in [6.07, 6.45) is 0. The molecule has 6 heteroatoms. The zero-order chi connectivity index (χ0) is 17.6. The maximum atomic E-state index is 12.0. The van der Waals surface area contributed by atoms with Crippen molar-refractivity contribution in [2.45, 2.75) is 29.2 Å². The van der Waals surface area contributed by atoms with Gasteiger partial charge in [-0.3, -0.25) is 4.79 Å². The van der Waals surface area contributed by atoms with Crippen LogP contribution in [0.15, 0.2) is 58.3 Å². The van der Waals surface area contributed by atoms with E-state index >= 15 is 0 Å². The molecule has 2 aromatic rings. The molecule has 0 radical (unpaired) electrons. The Kier molecular flexibility index (Phi) is 6.54. The molecule has 0 fully saturated rings. The van der Waals surface area contributed by atoms with Crippen LogP contribution in [0.1, 0.15) is 13.8 Å². The van der Waals surface area contributed by atoms with Gasteiger partial charge in [-0.15, -0.1) is 0 Å². The first-order chi connectivity index (χ1) is 11.4. The summed E-state index contributed by atoms with van der Waals surface area (Å²) in [7, 11) is 0. The fraction of sp³-hybridized carbons (Fsp3) is 0.278. The Hall–Kier alpha value is -1.69. The summed E-state index contributed by atoms with van der Waals surface area (Å²) in [5.74, 6) is 0.343. The maximum Gasteiger partial charge on any atom is 0.263 e. The minimum Gasteiger partial charge on any atom is -0.478 e. The molecule has 0 spiro atoms. The number of benzene rings is 2. The molecule has 0 saturated carbocycles. The van der Waals surface area contributed by atoms with Gasteiger partial charge in [0.1, 0.15) is 5.75 Å². The summed E-state index contributed by atoms with van der Waals surface area (Å²) in [6, 6.07) is 15.2. The predicted octanol–water partition coefficient (Wildman–Crippen LogP) is 3.76. The molecule has 0 aliphatic rings. The number of aliphatic hydroxyl groups is 1. The van der Waals surface area contributed by atoms with Gasteiger partial charge >= 0.3 is 0 Å². The quantitative estimate of drug-likeness (QED) is 0.784. The lowest BCUT2D eigenvalue weighted by atomic mass is 10.1. The monoisotopic (exact) mass is 365 g/mol. The smallest absolute Gasteiger partial charge is 0.263 e. The molecule has 0 atom stereocenters. The lowest BCUT2D eigenvalue weighted by molar-refractivity contribution is -0.134. The molecule has 1 amide bonds. The van der Waals surface area contributed by atoms with Gasteiger partial charge in [0.25, 0.3) is 5.91 Å². The first-order valence-electron chi connectivity index (χ1n) is 7.52. The van der Waals surface area contributed by atoms with E-state index in [1.54, 1.807) is 25.6 Å². The molecule has 2 N–H and O–H groups in total. The summed E-state index contributed by atoms with van der Waals surface area (Å²) in [4.78, 5) is 14.2.